The SMILES string of the molecule is CCC(CSCc1nc[nH]c1C)NC(N)=NCCCc1ncc[nH]1. The molecule has 5 N–H and O–H groups in total. The highest BCUT2D eigenvalue weighted by molar-refractivity contribution is 7.98. The molecule has 24 heavy (non-hydrogen) atoms. The molecule has 0 bridgehead atoms. The van der Waals surface area contributed by atoms with Gasteiger partial charge in [0, 0.05) is 48.6 Å². The van der Waals surface area contributed by atoms with Gasteiger partial charge in [-0.05, 0) is 19.8 Å². The molecule has 1 unspecified atom stereocenters. The summed E-state index contributed by atoms with van der Waals surface area (Å²) < 4.78 is 0. The third-order valence-electron chi connectivity index (χ3n) is 3.75. The first-order valence-electron chi connectivity index (χ1n) is 8.30. The van der Waals surface area contributed by atoms with Crippen LogP contribution in [0.3, 0.4) is 0 Å². The standard InChI is InChI=1S/C16H27N7S/c1-3-13(9-24-10-14-12(2)21-11-22-14)23-16(17)20-6-4-5-15-18-7-8-19-15/h7-8,11,13H,3-6,9-10H2,1-2H3,(H,18,19)(H,21,22)(H3,17,20,23). The minimum atomic E-state index is 0.322. The minimum Gasteiger partial charge on any atom is -0.370 e. The molecule has 0 saturated carbocycles. The monoisotopic (exact) mass is 349 g/mol. The lowest BCUT2D eigenvalue weighted by molar-refractivity contribution is 0.644. The van der Waals surface area contributed by atoms with Gasteiger partial charge in [0.05, 0.1) is 12.0 Å². The number of thioether (sulfide) groups is 1. The number of H-pyrrole nitrogens is 2. The molecule has 2 heterocycles. The molecule has 2 aromatic heterocycles. The number of nitrogens with zero attached hydrogens (tertiary/aromatic N) is 3. The Morgan fingerprint density at radius 3 is 2.96 bits per heavy atom. The van der Waals surface area contributed by atoms with Crippen molar-refractivity contribution >= 4 is 17.7 Å². The number of aromatic nitrogens is 4. The van der Waals surface area contributed by atoms with Crippen molar-refractivity contribution in [2.45, 2.75) is 44.9 Å². The van der Waals surface area contributed by atoms with Gasteiger partial charge < -0.3 is 21.0 Å². The van der Waals surface area contributed by atoms with E-state index < -0.39 is 0 Å². The molecular weight excluding hydrogens is 322 g/mol. The number of rotatable bonds is 10. The average Bonchev–Trinajstić information content (AvgIpc) is 3.23. The van der Waals surface area contributed by atoms with Crippen LogP contribution in [0.25, 0.3) is 0 Å². The molecule has 0 aromatic carbocycles. The van der Waals surface area contributed by atoms with Crippen molar-refractivity contribution in [1.29, 1.82) is 0 Å². The molecule has 0 aliphatic carbocycles. The number of guanidine groups is 1. The number of hydrogen-bond acceptors (Lipinski definition) is 4. The van der Waals surface area contributed by atoms with Gasteiger partial charge in [0.25, 0.3) is 0 Å². The number of nitrogens with two attached hydrogens (primary N) is 1. The van der Waals surface area contributed by atoms with E-state index >= 15 is 0 Å². The third kappa shape index (κ3) is 6.27. The maximum absolute atomic E-state index is 5.99. The average molecular weight is 350 g/mol. The van der Waals surface area contributed by atoms with Crippen molar-refractivity contribution in [2.75, 3.05) is 12.3 Å². The fourth-order valence-electron chi connectivity index (χ4n) is 2.23. The second kappa shape index (κ2) is 10.0. The summed E-state index contributed by atoms with van der Waals surface area (Å²) in [7, 11) is 0. The molecule has 0 saturated heterocycles. The summed E-state index contributed by atoms with van der Waals surface area (Å²) in [4.78, 5) is 19.1. The second-order valence-electron chi connectivity index (χ2n) is 5.65. The first-order valence-corrected chi connectivity index (χ1v) is 9.45. The smallest absolute Gasteiger partial charge is 0.188 e. The van der Waals surface area contributed by atoms with Crippen LogP contribution in [-0.4, -0.2) is 44.2 Å². The fraction of sp³-hybridized carbons (Fsp3) is 0.562. The van der Waals surface area contributed by atoms with Gasteiger partial charge >= 0.3 is 0 Å². The summed E-state index contributed by atoms with van der Waals surface area (Å²) in [5.74, 6) is 3.41. The van der Waals surface area contributed by atoms with Crippen LogP contribution in [0, 0.1) is 6.92 Å². The Morgan fingerprint density at radius 1 is 1.42 bits per heavy atom. The van der Waals surface area contributed by atoms with Crippen LogP contribution in [0.15, 0.2) is 23.7 Å². The number of imidazole rings is 2. The summed E-state index contributed by atoms with van der Waals surface area (Å²) in [5, 5.41) is 3.31. The molecule has 2 aromatic rings. The van der Waals surface area contributed by atoms with Gasteiger partial charge in [-0.2, -0.15) is 11.8 Å². The van der Waals surface area contributed by atoms with E-state index in [0.29, 0.717) is 18.5 Å². The van der Waals surface area contributed by atoms with E-state index in [0.717, 1.165) is 48.0 Å². The highest BCUT2D eigenvalue weighted by Crippen LogP contribution is 2.14. The quantitative estimate of drug-likeness (QED) is 0.298. The molecule has 0 aliphatic heterocycles. The van der Waals surface area contributed by atoms with E-state index in [9.17, 15) is 0 Å². The van der Waals surface area contributed by atoms with E-state index in [1.807, 2.05) is 24.9 Å². The van der Waals surface area contributed by atoms with Gasteiger partial charge in [-0.1, -0.05) is 6.92 Å². The number of aryl methyl sites for hydroxylation is 2. The number of nitrogens with one attached hydrogen (secondary N) is 3. The van der Waals surface area contributed by atoms with Crippen molar-refractivity contribution in [2.24, 2.45) is 10.7 Å². The van der Waals surface area contributed by atoms with Crippen molar-refractivity contribution in [3.63, 3.8) is 0 Å². The van der Waals surface area contributed by atoms with E-state index in [1.54, 1.807) is 12.5 Å². The van der Waals surface area contributed by atoms with Gasteiger partial charge in [0.15, 0.2) is 5.96 Å². The van der Waals surface area contributed by atoms with Crippen LogP contribution in [0.1, 0.15) is 37.0 Å². The number of hydrogen-bond donors (Lipinski definition) is 4. The molecule has 0 amide bonds. The summed E-state index contributed by atoms with van der Waals surface area (Å²) >= 11 is 1.86. The zero-order valence-corrected chi connectivity index (χ0v) is 15.2. The first-order chi connectivity index (χ1) is 11.7. The molecule has 0 spiro atoms. The van der Waals surface area contributed by atoms with Gasteiger partial charge in [0.1, 0.15) is 5.82 Å². The van der Waals surface area contributed by atoms with E-state index in [4.69, 9.17) is 5.73 Å². The topological polar surface area (TPSA) is 108 Å². The summed E-state index contributed by atoms with van der Waals surface area (Å²) in [6, 6.07) is 0.322. The predicted molar refractivity (Wildman–Crippen MR) is 100 cm³/mol. The normalized spacial score (nSPS) is 13.2. The minimum absolute atomic E-state index is 0.322. The Bertz CT molecular complexity index is 606. The molecule has 8 heteroatoms. The molecule has 2 rings (SSSR count). The molecule has 0 aliphatic rings. The van der Waals surface area contributed by atoms with Crippen molar-refractivity contribution in [3.05, 3.63) is 35.9 Å². The Balaban J connectivity index is 1.64. The summed E-state index contributed by atoms with van der Waals surface area (Å²) in [6.45, 7) is 4.91. The van der Waals surface area contributed by atoms with Crippen LogP contribution >= 0.6 is 11.8 Å². The number of aliphatic imine (C=N–C) groups is 1. The van der Waals surface area contributed by atoms with Gasteiger partial charge in [-0.3, -0.25) is 4.99 Å². The maximum atomic E-state index is 5.99. The van der Waals surface area contributed by atoms with Crippen molar-refractivity contribution in [3.8, 4) is 0 Å². The molecule has 132 valence electrons. The van der Waals surface area contributed by atoms with E-state index in [1.165, 1.54) is 0 Å². The lowest BCUT2D eigenvalue weighted by atomic mass is 10.3. The molecular formula is C16H27N7S. The molecule has 0 fully saturated rings. The van der Waals surface area contributed by atoms with Gasteiger partial charge in [-0.15, -0.1) is 0 Å². The van der Waals surface area contributed by atoms with Crippen LogP contribution in [0.2, 0.25) is 0 Å². The van der Waals surface area contributed by atoms with Crippen LogP contribution in [-0.2, 0) is 12.2 Å². The highest BCUT2D eigenvalue weighted by atomic mass is 32.2. The zero-order valence-electron chi connectivity index (χ0n) is 14.4. The van der Waals surface area contributed by atoms with Crippen LogP contribution in [0.4, 0.5) is 0 Å². The van der Waals surface area contributed by atoms with Gasteiger partial charge in [0.2, 0.25) is 0 Å². The second-order valence-corrected chi connectivity index (χ2v) is 6.68. The lowest BCUT2D eigenvalue weighted by Crippen LogP contribution is -2.41. The molecule has 1 atom stereocenters. The van der Waals surface area contributed by atoms with Crippen molar-refractivity contribution in [1.82, 2.24) is 25.3 Å². The summed E-state index contributed by atoms with van der Waals surface area (Å²) in [5.41, 5.74) is 8.25. The van der Waals surface area contributed by atoms with E-state index in [2.05, 4.69) is 37.2 Å². The Kier molecular flexibility index (Phi) is 7.67. The van der Waals surface area contributed by atoms with E-state index in [-0.39, 0.29) is 0 Å². The van der Waals surface area contributed by atoms with Gasteiger partial charge in [-0.25, -0.2) is 9.97 Å². The maximum Gasteiger partial charge on any atom is 0.188 e. The Morgan fingerprint density at radius 2 is 2.29 bits per heavy atom. The van der Waals surface area contributed by atoms with Crippen LogP contribution in [0.5, 0.6) is 0 Å². The molecule has 7 nitrogen and oxygen atoms in total. The lowest BCUT2D eigenvalue weighted by Gasteiger charge is -2.17. The fourth-order valence-corrected chi connectivity index (χ4v) is 3.43. The number of aromatic amines is 2. The predicted octanol–water partition coefficient (Wildman–Crippen LogP) is 1.99. The first kappa shape index (κ1) is 18.4. The highest BCUT2D eigenvalue weighted by Gasteiger charge is 2.08. The summed E-state index contributed by atoms with van der Waals surface area (Å²) in [6.07, 6.45) is 8.17. The van der Waals surface area contributed by atoms with Crippen molar-refractivity contribution < 1.29 is 0 Å². The Hall–Kier alpha value is -1.96. The zero-order chi connectivity index (χ0) is 17.2. The Labute approximate surface area is 147 Å². The third-order valence-corrected chi connectivity index (χ3v) is 4.86. The molecule has 0 radical (unpaired) electrons. The van der Waals surface area contributed by atoms with Crippen LogP contribution < -0.4 is 11.1 Å². The largest absolute Gasteiger partial charge is 0.370 e.